The Bertz CT molecular complexity index is 1270. The lowest BCUT2D eigenvalue weighted by molar-refractivity contribution is 0.0965. The van der Waals surface area contributed by atoms with E-state index in [9.17, 15) is 26.7 Å². The lowest BCUT2D eigenvalue weighted by Gasteiger charge is -2.16. The summed E-state index contributed by atoms with van der Waals surface area (Å²) in [6.45, 7) is 3.97. The van der Waals surface area contributed by atoms with Gasteiger partial charge >= 0.3 is 6.43 Å². The summed E-state index contributed by atoms with van der Waals surface area (Å²) >= 11 is 0. The molecule has 11 heteroatoms. The molecule has 0 radical (unpaired) electrons. The van der Waals surface area contributed by atoms with Crippen LogP contribution in [0.15, 0.2) is 59.8 Å². The van der Waals surface area contributed by atoms with Crippen molar-refractivity contribution in [1.82, 2.24) is 10.3 Å². The number of fused-ring (bicyclic) bond motifs is 1. The van der Waals surface area contributed by atoms with Crippen LogP contribution >= 0.6 is 0 Å². The monoisotopic (exact) mass is 520 g/mol. The first-order valence-electron chi connectivity index (χ1n) is 11.3. The average Bonchev–Trinajstić information content (AvgIpc) is 3.25. The van der Waals surface area contributed by atoms with Crippen LogP contribution in [0.5, 0.6) is 0 Å². The number of nitrogens with one attached hydrogen (secondary N) is 1. The number of hydrazone groups is 1. The van der Waals surface area contributed by atoms with Gasteiger partial charge in [-0.15, -0.1) is 5.10 Å². The molecule has 6 nitrogen and oxygen atoms in total. The van der Waals surface area contributed by atoms with Gasteiger partial charge in [0.1, 0.15) is 6.10 Å². The molecule has 1 aromatic heterocycles. The molecule has 1 amide bonds. The van der Waals surface area contributed by atoms with Gasteiger partial charge in [0.2, 0.25) is 5.95 Å². The third-order valence-electron chi connectivity index (χ3n) is 5.74. The zero-order chi connectivity index (χ0) is 27.1. The molecule has 196 valence electrons. The van der Waals surface area contributed by atoms with E-state index >= 15 is 0 Å². The molecule has 1 aliphatic heterocycles. The topological polar surface area (TPSA) is 89.6 Å². The van der Waals surface area contributed by atoms with Crippen LogP contribution in [-0.4, -0.2) is 23.2 Å². The van der Waals surface area contributed by atoms with Crippen LogP contribution in [-0.2, 0) is 17.7 Å². The number of rotatable bonds is 6. The van der Waals surface area contributed by atoms with Crippen molar-refractivity contribution in [3.63, 3.8) is 0 Å². The number of aromatic nitrogens is 1. The Morgan fingerprint density at radius 2 is 1.78 bits per heavy atom. The standard InChI is InChI=1S/C14H12F3N.C12H13F2N3O2/c1-9(6-10-2-5-14(17)18-8-10)11-3-4-12(15)13(16)7-11;1-6(19-12(17-15)10(13)14)7-2-3-8-5-16-11(18)9(8)4-7/h2-5,7-9H,6H2,1H3;2-4,6,10H,5,15H2,1H3,(H,16,18)/b;17-12-. The summed E-state index contributed by atoms with van der Waals surface area (Å²) in [7, 11) is 0. The van der Waals surface area contributed by atoms with E-state index in [2.05, 4.69) is 15.4 Å². The fourth-order valence-electron chi connectivity index (χ4n) is 3.69. The Labute approximate surface area is 210 Å². The second-order valence-electron chi connectivity index (χ2n) is 8.40. The molecule has 0 saturated carbocycles. The van der Waals surface area contributed by atoms with Crippen LogP contribution in [0, 0.1) is 17.6 Å². The van der Waals surface area contributed by atoms with Crippen LogP contribution < -0.4 is 11.2 Å². The highest BCUT2D eigenvalue weighted by Gasteiger charge is 2.23. The first-order chi connectivity index (χ1) is 17.6. The fraction of sp³-hybridized carbons (Fsp3) is 0.269. The van der Waals surface area contributed by atoms with Gasteiger partial charge in [0.15, 0.2) is 11.6 Å². The molecular formula is C26H25F5N4O2. The fourth-order valence-corrected chi connectivity index (χ4v) is 3.69. The Balaban J connectivity index is 0.000000206. The van der Waals surface area contributed by atoms with Gasteiger partial charge in [-0.1, -0.05) is 31.2 Å². The van der Waals surface area contributed by atoms with Gasteiger partial charge < -0.3 is 15.9 Å². The number of carbonyl (C=O) groups is 1. The van der Waals surface area contributed by atoms with Crippen LogP contribution in [0.2, 0.25) is 0 Å². The van der Waals surface area contributed by atoms with E-state index in [4.69, 9.17) is 10.6 Å². The molecule has 0 fully saturated rings. The Hall–Kier alpha value is -4.02. The van der Waals surface area contributed by atoms with Gasteiger partial charge in [0, 0.05) is 18.3 Å². The summed E-state index contributed by atoms with van der Waals surface area (Å²) in [6.07, 6.45) is -1.50. The van der Waals surface area contributed by atoms with Gasteiger partial charge in [-0.3, -0.25) is 4.79 Å². The zero-order valence-corrected chi connectivity index (χ0v) is 20.0. The van der Waals surface area contributed by atoms with Crippen LogP contribution in [0.1, 0.15) is 58.5 Å². The molecule has 1 aliphatic rings. The number of benzene rings is 2. The lowest BCUT2D eigenvalue weighted by Crippen LogP contribution is -2.19. The van der Waals surface area contributed by atoms with Gasteiger partial charge in [-0.05, 0) is 65.8 Å². The SMILES string of the molecule is CC(Cc1ccc(F)nc1)c1ccc(F)c(F)c1.CC(O/C(=N\N)C(F)F)c1ccc2c(c1)C(=O)NC2. The lowest BCUT2D eigenvalue weighted by atomic mass is 9.94. The summed E-state index contributed by atoms with van der Waals surface area (Å²) in [5.74, 6) is 1.61. The third kappa shape index (κ3) is 7.25. The Kier molecular flexibility index (Phi) is 9.15. The molecule has 0 spiro atoms. The van der Waals surface area contributed by atoms with E-state index in [1.54, 1.807) is 37.3 Å². The number of pyridine rings is 1. The summed E-state index contributed by atoms with van der Waals surface area (Å²) in [5, 5.41) is 5.58. The molecule has 0 bridgehead atoms. The predicted molar refractivity (Wildman–Crippen MR) is 127 cm³/mol. The van der Waals surface area contributed by atoms with Crippen molar-refractivity contribution in [2.75, 3.05) is 0 Å². The molecule has 2 heterocycles. The molecule has 4 rings (SSSR count). The molecule has 3 N–H and O–H groups in total. The molecule has 0 aliphatic carbocycles. The minimum atomic E-state index is -2.87. The third-order valence-corrected chi connectivity index (χ3v) is 5.74. The molecule has 2 atom stereocenters. The van der Waals surface area contributed by atoms with E-state index in [1.807, 2.05) is 6.92 Å². The molecule has 0 saturated heterocycles. The first kappa shape index (κ1) is 27.6. The summed E-state index contributed by atoms with van der Waals surface area (Å²) < 4.78 is 68.4. The van der Waals surface area contributed by atoms with E-state index in [0.29, 0.717) is 29.7 Å². The van der Waals surface area contributed by atoms with Crippen molar-refractivity contribution in [3.8, 4) is 0 Å². The molecule has 2 unspecified atom stereocenters. The van der Waals surface area contributed by atoms with Crippen molar-refractivity contribution in [3.05, 3.63) is 100 Å². The minimum absolute atomic E-state index is 0.00682. The van der Waals surface area contributed by atoms with Crippen molar-refractivity contribution in [2.45, 2.75) is 45.3 Å². The quantitative estimate of drug-likeness (QED) is 0.114. The normalized spacial score (nSPS) is 14.4. The molecule has 37 heavy (non-hydrogen) atoms. The highest BCUT2D eigenvalue weighted by Crippen LogP contribution is 2.24. The number of hydrogen-bond acceptors (Lipinski definition) is 5. The molecular weight excluding hydrogens is 495 g/mol. The number of halogens is 5. The maximum absolute atomic E-state index is 13.1. The number of alkyl halides is 2. The van der Waals surface area contributed by atoms with Gasteiger partial charge in [-0.2, -0.15) is 13.2 Å². The van der Waals surface area contributed by atoms with Crippen molar-refractivity contribution >= 4 is 11.8 Å². The van der Waals surface area contributed by atoms with E-state index in [1.165, 1.54) is 18.3 Å². The number of amides is 1. The summed E-state index contributed by atoms with van der Waals surface area (Å²) in [5.41, 5.74) is 3.59. The highest BCUT2D eigenvalue weighted by molar-refractivity contribution is 5.98. The molecule has 3 aromatic rings. The van der Waals surface area contributed by atoms with Gasteiger partial charge in [-0.25, -0.2) is 13.8 Å². The van der Waals surface area contributed by atoms with Gasteiger partial charge in [0.05, 0.1) is 0 Å². The van der Waals surface area contributed by atoms with Crippen LogP contribution in [0.25, 0.3) is 0 Å². The maximum Gasteiger partial charge on any atom is 0.314 e. The highest BCUT2D eigenvalue weighted by atomic mass is 19.3. The summed E-state index contributed by atoms with van der Waals surface area (Å²) in [6, 6.07) is 11.9. The maximum atomic E-state index is 13.1. The van der Waals surface area contributed by atoms with Gasteiger partial charge in [0.25, 0.3) is 11.8 Å². The Morgan fingerprint density at radius 3 is 2.41 bits per heavy atom. The number of ether oxygens (including phenoxy) is 1. The van der Waals surface area contributed by atoms with E-state index in [-0.39, 0.29) is 11.8 Å². The number of nitrogens with zero attached hydrogens (tertiary/aromatic N) is 2. The average molecular weight is 521 g/mol. The van der Waals surface area contributed by atoms with Crippen LogP contribution in [0.3, 0.4) is 0 Å². The second kappa shape index (κ2) is 12.3. The minimum Gasteiger partial charge on any atom is -0.468 e. The first-order valence-corrected chi connectivity index (χ1v) is 11.3. The zero-order valence-electron chi connectivity index (χ0n) is 20.0. The number of nitrogens with two attached hydrogens (primary N) is 1. The van der Waals surface area contributed by atoms with Crippen LogP contribution in [0.4, 0.5) is 22.0 Å². The van der Waals surface area contributed by atoms with E-state index < -0.39 is 36.0 Å². The smallest absolute Gasteiger partial charge is 0.314 e. The Morgan fingerprint density at radius 1 is 1.05 bits per heavy atom. The largest absolute Gasteiger partial charge is 0.468 e. The van der Waals surface area contributed by atoms with Crippen molar-refractivity contribution < 1.29 is 31.5 Å². The van der Waals surface area contributed by atoms with Crippen molar-refractivity contribution in [2.24, 2.45) is 10.9 Å². The summed E-state index contributed by atoms with van der Waals surface area (Å²) in [4.78, 5) is 15.1. The predicted octanol–water partition coefficient (Wildman–Crippen LogP) is 5.39. The van der Waals surface area contributed by atoms with Crippen molar-refractivity contribution in [1.29, 1.82) is 0 Å². The number of hydrogen-bond donors (Lipinski definition) is 2. The number of carbonyl (C=O) groups excluding carboxylic acids is 1. The van der Waals surface area contributed by atoms with E-state index in [0.717, 1.165) is 17.2 Å². The molecule has 2 aromatic carbocycles. The second-order valence-corrected chi connectivity index (χ2v) is 8.40.